The molecule has 3 aromatic rings. The molecule has 0 aromatic heterocycles. The molecule has 3 aromatic carbocycles. The molecule has 31 heavy (non-hydrogen) atoms. The lowest BCUT2D eigenvalue weighted by Crippen LogP contribution is -2.46. The lowest BCUT2D eigenvalue weighted by Gasteiger charge is -2.36. The van der Waals surface area contributed by atoms with Gasteiger partial charge >= 0.3 is 0 Å². The van der Waals surface area contributed by atoms with Gasteiger partial charge in [-0.15, -0.1) is 0 Å². The van der Waals surface area contributed by atoms with Gasteiger partial charge in [-0.05, 0) is 41.5 Å². The van der Waals surface area contributed by atoms with Gasteiger partial charge in [0.05, 0.1) is 17.3 Å². The van der Waals surface area contributed by atoms with E-state index in [1.54, 1.807) is 0 Å². The molecular formula is C24H25BrClN3O2. The molecule has 1 aliphatic rings. The van der Waals surface area contributed by atoms with Crippen molar-refractivity contribution in [3.05, 3.63) is 75.7 Å². The van der Waals surface area contributed by atoms with E-state index < -0.39 is 0 Å². The summed E-state index contributed by atoms with van der Waals surface area (Å²) in [6.07, 6.45) is 0.855. The highest BCUT2D eigenvalue weighted by Gasteiger charge is 2.18. The molecule has 1 saturated heterocycles. The van der Waals surface area contributed by atoms with Gasteiger partial charge in [-0.3, -0.25) is 14.5 Å². The minimum atomic E-state index is -0.236. The third-order valence-corrected chi connectivity index (χ3v) is 6.50. The molecule has 4 rings (SSSR count). The molecule has 0 bridgehead atoms. The number of nitrogens with one attached hydrogen (secondary N) is 1. The highest BCUT2D eigenvalue weighted by molar-refractivity contribution is 9.10. The molecule has 162 valence electrons. The van der Waals surface area contributed by atoms with Crippen molar-refractivity contribution in [1.82, 2.24) is 10.4 Å². The molecule has 1 fully saturated rings. The Labute approximate surface area is 196 Å². The number of benzene rings is 3. The largest absolute Gasteiger partial charge is 0.368 e. The van der Waals surface area contributed by atoms with Crippen molar-refractivity contribution < 1.29 is 9.63 Å². The number of carbonyl (C=O) groups is 1. The van der Waals surface area contributed by atoms with Crippen molar-refractivity contribution in [2.75, 3.05) is 44.2 Å². The summed E-state index contributed by atoms with van der Waals surface area (Å²) < 4.78 is 0.895. The molecule has 0 radical (unpaired) electrons. The van der Waals surface area contributed by atoms with E-state index in [0.29, 0.717) is 12.2 Å². The maximum absolute atomic E-state index is 12.4. The summed E-state index contributed by atoms with van der Waals surface area (Å²) in [5.41, 5.74) is 4.24. The van der Waals surface area contributed by atoms with Crippen molar-refractivity contribution in [3.63, 3.8) is 0 Å². The van der Waals surface area contributed by atoms with Crippen LogP contribution in [0.15, 0.2) is 65.1 Å². The van der Waals surface area contributed by atoms with Crippen LogP contribution in [-0.2, 0) is 4.84 Å². The van der Waals surface area contributed by atoms with Crippen molar-refractivity contribution in [3.8, 4) is 0 Å². The van der Waals surface area contributed by atoms with Crippen molar-refractivity contribution >= 4 is 49.9 Å². The number of halogens is 2. The number of para-hydroxylation sites is 1. The van der Waals surface area contributed by atoms with Crippen LogP contribution >= 0.6 is 27.5 Å². The number of anilines is 1. The smallest absolute Gasteiger partial charge is 0.274 e. The fraction of sp³-hybridized carbons (Fsp3) is 0.292. The average Bonchev–Trinajstić information content (AvgIpc) is 2.79. The van der Waals surface area contributed by atoms with E-state index in [2.05, 4.69) is 37.3 Å². The van der Waals surface area contributed by atoms with Gasteiger partial charge in [0.1, 0.15) is 0 Å². The Kier molecular flexibility index (Phi) is 7.45. The van der Waals surface area contributed by atoms with Crippen LogP contribution in [0.1, 0.15) is 16.8 Å². The van der Waals surface area contributed by atoms with E-state index in [1.807, 2.05) is 54.6 Å². The SMILES string of the molecule is O=C(NOCCCN1CCN(c2ccccc2Cl)CC1)c1cc(Br)c2ccccc2c1. The number of carbonyl (C=O) groups excluding carboxylic acids is 1. The Hall–Kier alpha value is -2.12. The zero-order chi connectivity index (χ0) is 21.6. The molecule has 1 N–H and O–H groups in total. The molecule has 0 aliphatic carbocycles. The second kappa shape index (κ2) is 10.5. The first-order valence-corrected chi connectivity index (χ1v) is 11.6. The maximum atomic E-state index is 12.4. The first-order valence-electron chi connectivity index (χ1n) is 10.4. The highest BCUT2D eigenvalue weighted by atomic mass is 79.9. The lowest BCUT2D eigenvalue weighted by molar-refractivity contribution is 0.0276. The first kappa shape index (κ1) is 22.1. The van der Waals surface area contributed by atoms with Crippen LogP contribution in [-0.4, -0.2) is 50.1 Å². The summed E-state index contributed by atoms with van der Waals surface area (Å²) >= 11 is 9.85. The van der Waals surface area contributed by atoms with Crippen LogP contribution in [0.25, 0.3) is 10.8 Å². The molecule has 0 saturated carbocycles. The van der Waals surface area contributed by atoms with Gasteiger partial charge in [-0.1, -0.05) is 63.9 Å². The van der Waals surface area contributed by atoms with Crippen LogP contribution in [0.3, 0.4) is 0 Å². The van der Waals surface area contributed by atoms with E-state index >= 15 is 0 Å². The minimum absolute atomic E-state index is 0.236. The van der Waals surface area contributed by atoms with Crippen LogP contribution in [0.2, 0.25) is 5.02 Å². The topological polar surface area (TPSA) is 44.8 Å². The summed E-state index contributed by atoms with van der Waals surface area (Å²) in [5.74, 6) is -0.236. The molecule has 0 atom stereocenters. The Bertz CT molecular complexity index is 1050. The fourth-order valence-electron chi connectivity index (χ4n) is 3.85. The van der Waals surface area contributed by atoms with Gasteiger partial charge in [-0.25, -0.2) is 5.48 Å². The minimum Gasteiger partial charge on any atom is -0.368 e. The molecule has 0 unspecified atom stereocenters. The second-order valence-electron chi connectivity index (χ2n) is 7.59. The summed E-state index contributed by atoms with van der Waals surface area (Å²) in [6.45, 7) is 5.31. The standard InChI is InChI=1S/C24H25BrClN3O2/c25-21-17-19(16-18-6-1-2-7-20(18)21)24(30)27-31-15-5-10-28-11-13-29(14-12-28)23-9-4-3-8-22(23)26/h1-4,6-9,16-17H,5,10-15H2,(H,27,30). The zero-order valence-corrected chi connectivity index (χ0v) is 19.5. The molecule has 7 heteroatoms. The third-order valence-electron chi connectivity index (χ3n) is 5.52. The fourth-order valence-corrected chi connectivity index (χ4v) is 4.71. The van der Waals surface area contributed by atoms with E-state index in [0.717, 1.165) is 65.1 Å². The summed E-state index contributed by atoms with van der Waals surface area (Å²) in [6, 6.07) is 19.6. The van der Waals surface area contributed by atoms with Gasteiger partial charge in [0.15, 0.2) is 0 Å². The maximum Gasteiger partial charge on any atom is 0.274 e. The van der Waals surface area contributed by atoms with Crippen molar-refractivity contribution in [2.45, 2.75) is 6.42 Å². The predicted molar refractivity (Wildman–Crippen MR) is 130 cm³/mol. The number of fused-ring (bicyclic) bond motifs is 1. The number of nitrogens with zero attached hydrogens (tertiary/aromatic N) is 2. The van der Waals surface area contributed by atoms with Crippen LogP contribution in [0.5, 0.6) is 0 Å². The van der Waals surface area contributed by atoms with Gasteiger partial charge in [0.2, 0.25) is 0 Å². The van der Waals surface area contributed by atoms with E-state index in [1.165, 1.54) is 0 Å². The van der Waals surface area contributed by atoms with Gasteiger partial charge in [0, 0.05) is 42.8 Å². The van der Waals surface area contributed by atoms with E-state index in [-0.39, 0.29) is 5.91 Å². The van der Waals surface area contributed by atoms with Crippen molar-refractivity contribution in [1.29, 1.82) is 0 Å². The number of hydrogen-bond acceptors (Lipinski definition) is 4. The second-order valence-corrected chi connectivity index (χ2v) is 8.85. The molecule has 0 spiro atoms. The summed E-state index contributed by atoms with van der Waals surface area (Å²) in [7, 11) is 0. The van der Waals surface area contributed by atoms with Crippen molar-refractivity contribution in [2.24, 2.45) is 0 Å². The number of rotatable bonds is 7. The monoisotopic (exact) mass is 501 g/mol. The zero-order valence-electron chi connectivity index (χ0n) is 17.2. The van der Waals surface area contributed by atoms with Gasteiger partial charge < -0.3 is 4.90 Å². The van der Waals surface area contributed by atoms with Gasteiger partial charge in [0.25, 0.3) is 5.91 Å². The number of amides is 1. The Morgan fingerprint density at radius 2 is 1.77 bits per heavy atom. The predicted octanol–water partition coefficient (Wildman–Crippen LogP) is 5.13. The van der Waals surface area contributed by atoms with Crippen LogP contribution in [0.4, 0.5) is 5.69 Å². The summed E-state index contributed by atoms with van der Waals surface area (Å²) in [5, 5.41) is 2.89. The molecular weight excluding hydrogens is 478 g/mol. The van der Waals surface area contributed by atoms with E-state index in [4.69, 9.17) is 16.4 Å². The lowest BCUT2D eigenvalue weighted by atomic mass is 10.1. The Morgan fingerprint density at radius 1 is 1.03 bits per heavy atom. The summed E-state index contributed by atoms with van der Waals surface area (Å²) in [4.78, 5) is 22.6. The van der Waals surface area contributed by atoms with Crippen LogP contribution < -0.4 is 10.4 Å². The quantitative estimate of drug-likeness (QED) is 0.359. The molecule has 1 aliphatic heterocycles. The Morgan fingerprint density at radius 3 is 2.58 bits per heavy atom. The third kappa shape index (κ3) is 5.57. The highest BCUT2D eigenvalue weighted by Crippen LogP contribution is 2.27. The molecule has 1 heterocycles. The normalized spacial score (nSPS) is 14.7. The van der Waals surface area contributed by atoms with Gasteiger partial charge in [-0.2, -0.15) is 0 Å². The first-order chi connectivity index (χ1) is 15.1. The Balaban J connectivity index is 1.17. The average molecular weight is 503 g/mol. The number of hydroxylamine groups is 1. The number of hydrogen-bond donors (Lipinski definition) is 1. The molecule has 1 amide bonds. The van der Waals surface area contributed by atoms with E-state index in [9.17, 15) is 4.79 Å². The molecule has 5 nitrogen and oxygen atoms in total. The van der Waals surface area contributed by atoms with Crippen LogP contribution in [0, 0.1) is 0 Å². The number of piperazine rings is 1.